The molecule has 0 unspecified atom stereocenters. The second kappa shape index (κ2) is 9.21. The van der Waals surface area contributed by atoms with Crippen LogP contribution in [-0.2, 0) is 4.79 Å². The van der Waals surface area contributed by atoms with Crippen LogP contribution >= 0.6 is 11.3 Å². The SMILES string of the molecule is C=C(C)CN=c1scc(-c2ccc3c(c2)NC(=O)CO3)n1N=C(C)c1cccc([N+](=O)[O-])c1. The normalized spacial score (nSPS) is 13.8. The van der Waals surface area contributed by atoms with E-state index >= 15 is 0 Å². The Morgan fingerprint density at radius 3 is 2.88 bits per heavy atom. The standard InChI is InChI=1S/C23H21N5O4S/c1-14(2)11-24-23-27(26-15(3)16-5-4-6-18(9-16)28(30)31)20(13-33-23)17-7-8-21-19(10-17)25-22(29)12-32-21/h4-10,13H,1,11-12H2,2-3H3,(H,25,29). The number of amides is 1. The van der Waals surface area contributed by atoms with Gasteiger partial charge >= 0.3 is 0 Å². The molecule has 1 amide bonds. The van der Waals surface area contributed by atoms with Crippen molar-refractivity contribution >= 4 is 34.3 Å². The maximum atomic E-state index is 11.7. The van der Waals surface area contributed by atoms with Crippen LogP contribution < -0.4 is 14.9 Å². The Kier molecular flexibility index (Phi) is 6.18. The van der Waals surface area contributed by atoms with E-state index in [-0.39, 0.29) is 18.2 Å². The molecule has 0 atom stereocenters. The lowest BCUT2D eigenvalue weighted by Gasteiger charge is -2.18. The zero-order chi connectivity index (χ0) is 23.5. The number of anilines is 1. The number of rotatable bonds is 6. The number of aromatic nitrogens is 1. The molecule has 0 saturated heterocycles. The number of carbonyl (C=O) groups is 1. The first kappa shape index (κ1) is 22.2. The first-order valence-corrected chi connectivity index (χ1v) is 10.9. The van der Waals surface area contributed by atoms with Gasteiger partial charge in [-0.25, -0.2) is 4.68 Å². The summed E-state index contributed by atoms with van der Waals surface area (Å²) in [5, 5.41) is 20.7. The molecule has 168 valence electrons. The minimum atomic E-state index is -0.433. The Morgan fingerprint density at radius 2 is 2.12 bits per heavy atom. The van der Waals surface area contributed by atoms with Gasteiger partial charge in [-0.3, -0.25) is 19.9 Å². The van der Waals surface area contributed by atoms with Crippen molar-refractivity contribution < 1.29 is 14.5 Å². The van der Waals surface area contributed by atoms with Crippen molar-refractivity contribution in [1.29, 1.82) is 0 Å². The van der Waals surface area contributed by atoms with Crippen molar-refractivity contribution in [2.75, 3.05) is 18.5 Å². The number of benzene rings is 2. The summed E-state index contributed by atoms with van der Waals surface area (Å²) < 4.78 is 7.16. The van der Waals surface area contributed by atoms with Crippen LogP contribution in [0.4, 0.5) is 11.4 Å². The van der Waals surface area contributed by atoms with E-state index in [4.69, 9.17) is 9.84 Å². The average Bonchev–Trinajstić information content (AvgIpc) is 3.19. The molecule has 1 aliphatic rings. The molecule has 0 bridgehead atoms. The molecule has 33 heavy (non-hydrogen) atoms. The van der Waals surface area contributed by atoms with Gasteiger partial charge in [0, 0.05) is 28.6 Å². The molecule has 0 spiro atoms. The second-order valence-electron chi connectivity index (χ2n) is 7.53. The summed E-state index contributed by atoms with van der Waals surface area (Å²) in [7, 11) is 0. The number of nitro groups is 1. The van der Waals surface area contributed by atoms with E-state index in [1.165, 1.54) is 23.5 Å². The Bertz CT molecular complexity index is 1370. The van der Waals surface area contributed by atoms with Crippen molar-refractivity contribution in [2.45, 2.75) is 13.8 Å². The van der Waals surface area contributed by atoms with E-state index in [1.807, 2.05) is 24.4 Å². The average molecular weight is 464 g/mol. The van der Waals surface area contributed by atoms with Crippen LogP contribution in [-0.4, -0.2) is 34.4 Å². The van der Waals surface area contributed by atoms with Crippen molar-refractivity contribution in [2.24, 2.45) is 10.1 Å². The van der Waals surface area contributed by atoms with E-state index in [0.29, 0.717) is 34.1 Å². The first-order chi connectivity index (χ1) is 15.8. The van der Waals surface area contributed by atoms with Crippen molar-refractivity contribution in [1.82, 2.24) is 4.68 Å². The van der Waals surface area contributed by atoms with Gasteiger partial charge in [-0.05, 0) is 32.0 Å². The molecule has 1 N–H and O–H groups in total. The van der Waals surface area contributed by atoms with Crippen molar-refractivity contribution in [3.05, 3.63) is 80.5 Å². The fraction of sp³-hybridized carbons (Fsp3) is 0.174. The van der Waals surface area contributed by atoms with Crippen molar-refractivity contribution in [3.63, 3.8) is 0 Å². The molecule has 1 aromatic heterocycles. The van der Waals surface area contributed by atoms with Crippen LogP contribution in [0, 0.1) is 10.1 Å². The van der Waals surface area contributed by atoms with Crippen LogP contribution in [0.15, 0.2) is 70.1 Å². The van der Waals surface area contributed by atoms with Gasteiger partial charge < -0.3 is 10.1 Å². The van der Waals surface area contributed by atoms with Crippen LogP contribution in [0.1, 0.15) is 19.4 Å². The predicted octanol–water partition coefficient (Wildman–Crippen LogP) is 4.20. The molecule has 1 aliphatic heterocycles. The number of thiazole rings is 1. The number of nitrogens with one attached hydrogen (secondary N) is 1. The van der Waals surface area contributed by atoms with Gasteiger partial charge in [0.25, 0.3) is 11.6 Å². The second-order valence-corrected chi connectivity index (χ2v) is 8.37. The van der Waals surface area contributed by atoms with Crippen LogP contribution in [0.2, 0.25) is 0 Å². The summed E-state index contributed by atoms with van der Waals surface area (Å²) in [6.07, 6.45) is 0. The van der Waals surface area contributed by atoms with Gasteiger partial charge in [0.05, 0.1) is 28.6 Å². The van der Waals surface area contributed by atoms with Gasteiger partial charge in [0.1, 0.15) is 5.75 Å². The van der Waals surface area contributed by atoms with Gasteiger partial charge in [0.2, 0.25) is 4.80 Å². The van der Waals surface area contributed by atoms with Crippen LogP contribution in [0.5, 0.6) is 5.75 Å². The minimum Gasteiger partial charge on any atom is -0.482 e. The van der Waals surface area contributed by atoms with Crippen molar-refractivity contribution in [3.8, 4) is 17.0 Å². The van der Waals surface area contributed by atoms with E-state index < -0.39 is 4.92 Å². The lowest BCUT2D eigenvalue weighted by Crippen LogP contribution is -2.25. The number of nitro benzene ring substituents is 1. The Labute approximate surface area is 193 Å². The summed E-state index contributed by atoms with van der Waals surface area (Å²) >= 11 is 1.42. The Balaban J connectivity index is 1.83. The lowest BCUT2D eigenvalue weighted by molar-refractivity contribution is -0.384. The van der Waals surface area contributed by atoms with Gasteiger partial charge in [-0.2, -0.15) is 5.10 Å². The Morgan fingerprint density at radius 1 is 1.30 bits per heavy atom. The summed E-state index contributed by atoms with van der Waals surface area (Å²) in [6, 6.07) is 11.8. The molecule has 0 radical (unpaired) electrons. The summed E-state index contributed by atoms with van der Waals surface area (Å²) in [5.41, 5.74) is 4.27. The molecule has 2 heterocycles. The molecule has 10 heteroatoms. The number of ether oxygens (including phenoxy) is 1. The molecule has 9 nitrogen and oxygen atoms in total. The maximum absolute atomic E-state index is 11.7. The topological polar surface area (TPSA) is 111 Å². The number of fused-ring (bicyclic) bond motifs is 1. The zero-order valence-corrected chi connectivity index (χ0v) is 18.9. The molecule has 3 aromatic rings. The number of non-ortho nitro benzene ring substituents is 1. The van der Waals surface area contributed by atoms with Crippen LogP contribution in [0.3, 0.4) is 0 Å². The summed E-state index contributed by atoms with van der Waals surface area (Å²) in [5.74, 6) is 0.387. The molecular formula is C23H21N5O4S. The number of hydrogen-bond donors (Lipinski definition) is 1. The molecule has 0 saturated carbocycles. The monoisotopic (exact) mass is 463 g/mol. The Hall–Kier alpha value is -4.05. The van der Waals surface area contributed by atoms with E-state index in [2.05, 4.69) is 16.9 Å². The third-order valence-electron chi connectivity index (χ3n) is 4.80. The summed E-state index contributed by atoms with van der Waals surface area (Å²) in [6.45, 7) is 8.02. The zero-order valence-electron chi connectivity index (χ0n) is 18.1. The van der Waals surface area contributed by atoms with E-state index in [0.717, 1.165) is 16.8 Å². The van der Waals surface area contributed by atoms with Gasteiger partial charge in [-0.1, -0.05) is 24.3 Å². The van der Waals surface area contributed by atoms with E-state index in [9.17, 15) is 14.9 Å². The highest BCUT2D eigenvalue weighted by Gasteiger charge is 2.18. The fourth-order valence-corrected chi connectivity index (χ4v) is 4.03. The van der Waals surface area contributed by atoms with E-state index in [1.54, 1.807) is 29.8 Å². The molecule has 0 aliphatic carbocycles. The highest BCUT2D eigenvalue weighted by Crippen LogP contribution is 2.33. The summed E-state index contributed by atoms with van der Waals surface area (Å²) in [4.78, 5) is 27.7. The minimum absolute atomic E-state index is 0.00443. The predicted molar refractivity (Wildman–Crippen MR) is 128 cm³/mol. The first-order valence-electron chi connectivity index (χ1n) is 10.0. The van der Waals surface area contributed by atoms with Crippen LogP contribution in [0.25, 0.3) is 11.3 Å². The number of carbonyl (C=O) groups excluding carboxylic acids is 1. The molecular weight excluding hydrogens is 442 g/mol. The fourth-order valence-electron chi connectivity index (χ4n) is 3.20. The number of hydrogen-bond acceptors (Lipinski definition) is 7. The molecule has 2 aromatic carbocycles. The third-order valence-corrected chi connectivity index (χ3v) is 5.66. The molecule has 0 fully saturated rings. The third kappa shape index (κ3) is 4.90. The highest BCUT2D eigenvalue weighted by molar-refractivity contribution is 7.07. The largest absolute Gasteiger partial charge is 0.482 e. The van der Waals surface area contributed by atoms with Gasteiger partial charge in [0.15, 0.2) is 6.61 Å². The molecule has 4 rings (SSSR count). The lowest BCUT2D eigenvalue weighted by atomic mass is 10.1. The highest BCUT2D eigenvalue weighted by atomic mass is 32.1. The number of nitrogens with zero attached hydrogens (tertiary/aromatic N) is 4. The quantitative estimate of drug-likeness (QED) is 0.255. The maximum Gasteiger partial charge on any atom is 0.270 e. The smallest absolute Gasteiger partial charge is 0.270 e. The van der Waals surface area contributed by atoms with Gasteiger partial charge in [-0.15, -0.1) is 11.3 Å².